The molecule has 0 aromatic heterocycles. The van der Waals surface area contributed by atoms with Crippen LogP contribution in [-0.2, 0) is 6.42 Å². The van der Waals surface area contributed by atoms with Crippen molar-refractivity contribution in [1.29, 1.82) is 0 Å². The highest BCUT2D eigenvalue weighted by atomic mass is 14.1. The topological polar surface area (TPSA) is 0 Å². The van der Waals surface area contributed by atoms with Crippen molar-refractivity contribution in [3.8, 4) is 0 Å². The molecule has 3 aromatic rings. The van der Waals surface area contributed by atoms with Gasteiger partial charge >= 0.3 is 0 Å². The number of benzene rings is 3. The molecule has 196 valence electrons. The van der Waals surface area contributed by atoms with E-state index in [0.717, 1.165) is 28.7 Å². The van der Waals surface area contributed by atoms with Crippen LogP contribution in [0.25, 0.3) is 16.7 Å². The van der Waals surface area contributed by atoms with Gasteiger partial charge in [0.25, 0.3) is 0 Å². The molecule has 0 spiro atoms. The van der Waals surface area contributed by atoms with Crippen molar-refractivity contribution < 1.29 is 0 Å². The highest BCUT2D eigenvalue weighted by Gasteiger charge is 2.05. The molecule has 0 atom stereocenters. The molecule has 0 heterocycles. The Morgan fingerprint density at radius 2 is 1.38 bits per heavy atom. The molecule has 0 amide bonds. The minimum absolute atomic E-state index is 0.831. The van der Waals surface area contributed by atoms with Crippen LogP contribution < -0.4 is 0 Å². The Bertz CT molecular complexity index is 1480. The van der Waals surface area contributed by atoms with E-state index in [9.17, 15) is 0 Å². The second-order valence-corrected chi connectivity index (χ2v) is 9.65. The minimum Gasteiger partial charge on any atom is -0.117 e. The number of hydrogen-bond acceptors (Lipinski definition) is 0. The number of rotatable bonds is 10. The molecule has 0 nitrogen and oxygen atoms in total. The number of allylic oxidation sites excluding steroid dienone is 12. The average Bonchev–Trinajstić information content (AvgIpc) is 2.97. The Morgan fingerprint density at radius 1 is 0.769 bits per heavy atom. The number of hydrogen-bond donors (Lipinski definition) is 0. The van der Waals surface area contributed by atoms with Crippen LogP contribution in [-0.4, -0.2) is 0 Å². The van der Waals surface area contributed by atoms with Gasteiger partial charge in [0.1, 0.15) is 0 Å². The van der Waals surface area contributed by atoms with Gasteiger partial charge in [0.2, 0.25) is 0 Å². The summed E-state index contributed by atoms with van der Waals surface area (Å²) < 4.78 is 0. The van der Waals surface area contributed by atoms with Crippen molar-refractivity contribution in [2.45, 2.75) is 41.0 Å². The van der Waals surface area contributed by atoms with E-state index in [-0.39, 0.29) is 0 Å². The third-order valence-electron chi connectivity index (χ3n) is 6.62. The molecule has 0 bridgehead atoms. The zero-order valence-corrected chi connectivity index (χ0v) is 24.0. The molecule has 0 heteroatoms. The van der Waals surface area contributed by atoms with Crippen LogP contribution in [0.4, 0.5) is 0 Å². The van der Waals surface area contributed by atoms with E-state index < -0.39 is 0 Å². The maximum absolute atomic E-state index is 4.23. The summed E-state index contributed by atoms with van der Waals surface area (Å²) in [5.41, 5.74) is 15.3. The monoisotopic (exact) mass is 508 g/mol. The normalized spacial score (nSPS) is 12.8. The quantitative estimate of drug-likeness (QED) is 0.189. The molecule has 0 radical (unpaired) electrons. The third-order valence-corrected chi connectivity index (χ3v) is 6.62. The van der Waals surface area contributed by atoms with Crippen LogP contribution in [0, 0.1) is 0 Å². The predicted octanol–water partition coefficient (Wildman–Crippen LogP) is 11.0. The molecule has 0 unspecified atom stereocenters. The standard InChI is InChI=1S/C39H40/c1-7-17-34(8-2)32(5)28-30(3)24-25-31(4)39-23-16-15-22-37(39)26-27-38(36-20-13-10-14-21-36)29-33(6)35-18-11-9-12-19-35/h7-24,27-29H,5,26H2,1-4,6H3/b17-7-,30-28-,33-29+,34-8+,38-27+. The van der Waals surface area contributed by atoms with Gasteiger partial charge in [-0.3, -0.25) is 0 Å². The Labute approximate surface area is 236 Å². The molecule has 0 fully saturated rings. The van der Waals surface area contributed by atoms with Gasteiger partial charge in [-0.25, -0.2) is 0 Å². The molecule has 3 rings (SSSR count). The lowest BCUT2D eigenvalue weighted by atomic mass is 9.95. The summed E-state index contributed by atoms with van der Waals surface area (Å²) in [5, 5.41) is 0. The first-order chi connectivity index (χ1) is 18.9. The SMILES string of the molecule is C=C(/C=C(/C)C=C=C(C)c1ccccc1C/C=C(\C=C(/C)c1ccccc1)c1ccccc1)C(/C=C\C)=C/C. The highest BCUT2D eigenvalue weighted by Crippen LogP contribution is 2.25. The van der Waals surface area contributed by atoms with Gasteiger partial charge in [-0.05, 0) is 103 Å². The summed E-state index contributed by atoms with van der Waals surface area (Å²) in [4.78, 5) is 0. The van der Waals surface area contributed by atoms with Crippen molar-refractivity contribution in [3.05, 3.63) is 179 Å². The van der Waals surface area contributed by atoms with Crippen LogP contribution in [0.3, 0.4) is 0 Å². The van der Waals surface area contributed by atoms with Crippen LogP contribution in [0.1, 0.15) is 56.9 Å². The van der Waals surface area contributed by atoms with E-state index in [1.165, 1.54) is 33.4 Å². The zero-order chi connectivity index (χ0) is 28.0. The lowest BCUT2D eigenvalue weighted by molar-refractivity contribution is 1.25. The van der Waals surface area contributed by atoms with Gasteiger partial charge in [0.05, 0.1) is 0 Å². The fraction of sp³-hybridized carbons (Fsp3) is 0.154. The van der Waals surface area contributed by atoms with Gasteiger partial charge in [-0.1, -0.05) is 128 Å². The van der Waals surface area contributed by atoms with Gasteiger partial charge in [-0.2, -0.15) is 0 Å². The van der Waals surface area contributed by atoms with Crippen molar-refractivity contribution in [3.63, 3.8) is 0 Å². The molecule has 39 heavy (non-hydrogen) atoms. The average molecular weight is 509 g/mol. The van der Waals surface area contributed by atoms with Gasteiger partial charge in [0, 0.05) is 0 Å². The van der Waals surface area contributed by atoms with Crippen molar-refractivity contribution >= 4 is 16.7 Å². The van der Waals surface area contributed by atoms with Crippen molar-refractivity contribution in [1.82, 2.24) is 0 Å². The fourth-order valence-corrected chi connectivity index (χ4v) is 4.46. The molecule has 0 aliphatic carbocycles. The first kappa shape index (κ1) is 29.2. The van der Waals surface area contributed by atoms with E-state index in [1.54, 1.807) is 0 Å². The largest absolute Gasteiger partial charge is 0.117 e. The summed E-state index contributed by atoms with van der Waals surface area (Å²) in [6.07, 6.45) is 15.8. The third kappa shape index (κ3) is 8.85. The first-order valence-corrected chi connectivity index (χ1v) is 13.6. The first-order valence-electron chi connectivity index (χ1n) is 13.6. The van der Waals surface area contributed by atoms with Crippen LogP contribution >= 0.6 is 0 Å². The molecule has 0 aliphatic heterocycles. The van der Waals surface area contributed by atoms with Crippen LogP contribution in [0.5, 0.6) is 0 Å². The molecular weight excluding hydrogens is 468 g/mol. The molecule has 0 N–H and O–H groups in total. The predicted molar refractivity (Wildman–Crippen MR) is 173 cm³/mol. The van der Waals surface area contributed by atoms with Crippen LogP contribution in [0.2, 0.25) is 0 Å². The summed E-state index contributed by atoms with van der Waals surface area (Å²) >= 11 is 0. The summed E-state index contributed by atoms with van der Waals surface area (Å²) in [7, 11) is 0. The Balaban J connectivity index is 1.93. The highest BCUT2D eigenvalue weighted by molar-refractivity contribution is 5.83. The maximum atomic E-state index is 4.23. The lowest BCUT2D eigenvalue weighted by Crippen LogP contribution is -1.92. The molecule has 0 aliphatic rings. The van der Waals surface area contributed by atoms with Gasteiger partial charge in [-0.15, -0.1) is 5.73 Å². The Kier molecular flexibility index (Phi) is 11.3. The fourth-order valence-electron chi connectivity index (χ4n) is 4.46. The maximum Gasteiger partial charge on any atom is -0.00160 e. The van der Waals surface area contributed by atoms with Crippen molar-refractivity contribution in [2.75, 3.05) is 0 Å². The Morgan fingerprint density at radius 3 is 2.03 bits per heavy atom. The zero-order valence-electron chi connectivity index (χ0n) is 24.0. The summed E-state index contributed by atoms with van der Waals surface area (Å²) in [5.74, 6) is 0. The second kappa shape index (κ2) is 15.1. The summed E-state index contributed by atoms with van der Waals surface area (Å²) in [6.45, 7) is 14.7. The van der Waals surface area contributed by atoms with Crippen molar-refractivity contribution in [2.24, 2.45) is 0 Å². The van der Waals surface area contributed by atoms with E-state index in [2.05, 4.69) is 154 Å². The molecule has 3 aromatic carbocycles. The molecule has 0 saturated carbocycles. The molecular formula is C39H40. The second-order valence-electron chi connectivity index (χ2n) is 9.65. The summed E-state index contributed by atoms with van der Waals surface area (Å²) in [6, 6.07) is 29.8. The minimum atomic E-state index is 0.831. The van der Waals surface area contributed by atoms with E-state index in [1.807, 2.05) is 19.9 Å². The smallest absolute Gasteiger partial charge is 0.00160 e. The van der Waals surface area contributed by atoms with Gasteiger partial charge < -0.3 is 0 Å². The van der Waals surface area contributed by atoms with Gasteiger partial charge in [0.15, 0.2) is 0 Å². The lowest BCUT2D eigenvalue weighted by Gasteiger charge is -2.10. The van der Waals surface area contributed by atoms with Crippen LogP contribution in [0.15, 0.2) is 156 Å². The van der Waals surface area contributed by atoms with E-state index in [4.69, 9.17) is 0 Å². The molecule has 0 saturated heterocycles. The van der Waals surface area contributed by atoms with E-state index in [0.29, 0.717) is 0 Å². The Hall–Kier alpha value is -4.38. The van der Waals surface area contributed by atoms with E-state index >= 15 is 0 Å².